The minimum Gasteiger partial charge on any atom is -0.495 e. The van der Waals surface area contributed by atoms with E-state index in [0.29, 0.717) is 52.8 Å². The topological polar surface area (TPSA) is 141 Å². The number of methoxy groups -OCH3 is 1. The summed E-state index contributed by atoms with van der Waals surface area (Å²) in [7, 11) is 1.54. The Labute approximate surface area is 222 Å². The Morgan fingerprint density at radius 2 is 2.03 bits per heavy atom. The van der Waals surface area contributed by atoms with Gasteiger partial charge in [-0.05, 0) is 42.7 Å². The van der Waals surface area contributed by atoms with Crippen LogP contribution in [0.4, 0.5) is 20.3 Å². The largest absolute Gasteiger partial charge is 0.495 e. The Bertz CT molecular complexity index is 1470. The van der Waals surface area contributed by atoms with Crippen molar-refractivity contribution in [3.05, 3.63) is 53.7 Å². The van der Waals surface area contributed by atoms with Gasteiger partial charge in [-0.2, -0.15) is 0 Å². The van der Waals surface area contributed by atoms with E-state index >= 15 is 0 Å². The zero-order valence-corrected chi connectivity index (χ0v) is 21.3. The van der Waals surface area contributed by atoms with Gasteiger partial charge in [-0.3, -0.25) is 4.98 Å². The summed E-state index contributed by atoms with van der Waals surface area (Å²) < 4.78 is 33.9. The molecule has 5 rings (SSSR count). The molecule has 3 aromatic heterocycles. The summed E-state index contributed by atoms with van der Waals surface area (Å²) in [4.78, 5) is 19.2. The third kappa shape index (κ3) is 4.82. The first-order valence-corrected chi connectivity index (χ1v) is 12.3. The van der Waals surface area contributed by atoms with Crippen molar-refractivity contribution in [2.24, 2.45) is 5.73 Å². The van der Waals surface area contributed by atoms with Crippen LogP contribution in [0.5, 0.6) is 5.75 Å². The van der Waals surface area contributed by atoms with Crippen LogP contribution in [0.3, 0.4) is 0 Å². The van der Waals surface area contributed by atoms with E-state index in [9.17, 15) is 13.9 Å². The van der Waals surface area contributed by atoms with E-state index < -0.39 is 18.1 Å². The summed E-state index contributed by atoms with van der Waals surface area (Å²) in [5.74, 6) is 0.807. The molecule has 10 nitrogen and oxygen atoms in total. The number of pyridine rings is 1. The van der Waals surface area contributed by atoms with Crippen LogP contribution in [-0.2, 0) is 6.54 Å². The number of benzene rings is 1. The monoisotopic (exact) mass is 544 g/mol. The Morgan fingerprint density at radius 3 is 2.76 bits per heavy atom. The first-order chi connectivity index (χ1) is 18.2. The van der Waals surface area contributed by atoms with Gasteiger partial charge in [0.2, 0.25) is 0 Å². The van der Waals surface area contributed by atoms with Crippen LogP contribution in [0.1, 0.15) is 18.4 Å². The highest BCUT2D eigenvalue weighted by Gasteiger charge is 2.43. The van der Waals surface area contributed by atoms with Crippen molar-refractivity contribution >= 4 is 34.3 Å². The maximum Gasteiger partial charge on any atom is 0.265 e. The highest BCUT2D eigenvalue weighted by Crippen LogP contribution is 2.35. The van der Waals surface area contributed by atoms with Crippen LogP contribution < -0.4 is 21.1 Å². The number of hydrogen-bond donors (Lipinski definition) is 3. The van der Waals surface area contributed by atoms with E-state index in [1.165, 1.54) is 6.33 Å². The molecule has 4 aromatic rings. The van der Waals surface area contributed by atoms with Crippen molar-refractivity contribution < 1.29 is 18.6 Å². The number of hydrogen-bond acceptors (Lipinski definition) is 9. The molecule has 1 fully saturated rings. The number of rotatable bonds is 7. The maximum absolute atomic E-state index is 13.4. The molecule has 0 unspecified atom stereocenters. The fourth-order valence-corrected chi connectivity index (χ4v) is 5.15. The molecule has 4 heterocycles. The number of nitrogens with two attached hydrogens (primary N) is 2. The predicted octanol–water partition coefficient (Wildman–Crippen LogP) is 3.10. The lowest BCUT2D eigenvalue weighted by Gasteiger charge is -2.44. The predicted molar refractivity (Wildman–Crippen MR) is 140 cm³/mol. The molecule has 0 bridgehead atoms. The molecule has 0 saturated carbocycles. The highest BCUT2D eigenvalue weighted by molar-refractivity contribution is 6.32. The van der Waals surface area contributed by atoms with E-state index in [0.717, 1.165) is 11.1 Å². The molecule has 1 aliphatic heterocycles. The van der Waals surface area contributed by atoms with Gasteiger partial charge < -0.3 is 30.8 Å². The number of aliphatic hydroxyl groups excluding tert-OH is 1. The number of anilines is 2. The van der Waals surface area contributed by atoms with Crippen LogP contribution >= 0.6 is 11.6 Å². The molecule has 1 aliphatic rings. The number of nitrogens with zero attached hydrogens (tertiary/aromatic N) is 6. The van der Waals surface area contributed by atoms with E-state index in [1.54, 1.807) is 31.8 Å². The molecule has 0 spiro atoms. The van der Waals surface area contributed by atoms with Crippen LogP contribution in [0.15, 0.2) is 43.1 Å². The summed E-state index contributed by atoms with van der Waals surface area (Å²) in [6.45, 7) is 0.935. The minimum atomic E-state index is -2.94. The van der Waals surface area contributed by atoms with Gasteiger partial charge in [0.05, 0.1) is 48.1 Å². The van der Waals surface area contributed by atoms with E-state index in [2.05, 4.69) is 19.9 Å². The smallest absolute Gasteiger partial charge is 0.265 e. The molecule has 0 aliphatic carbocycles. The van der Waals surface area contributed by atoms with Crippen molar-refractivity contribution in [1.29, 1.82) is 0 Å². The maximum atomic E-state index is 13.4. The fraction of sp³-hybridized carbons (Fsp3) is 0.360. The lowest BCUT2D eigenvalue weighted by atomic mass is 9.84. The molecule has 2 atom stereocenters. The standard InChI is InChI=1S/C25H27ClF2N8O2/c1-38-19-4-3-14(7-16(19)26)17-8-15(10-36-13-34-20-23(29)32-12-33-24(20)36)18(9-31-17)35-6-2-5-25(30,11-35)21(37)22(27)28/h3-4,7-9,12-13,21-22,37H,2,5-6,10-11,30H2,1H3,(H2,29,32,33)/t21-,25+/m0/s1. The molecular formula is C25H27ClF2N8O2. The third-order valence-corrected chi connectivity index (χ3v) is 7.20. The van der Waals surface area contributed by atoms with Gasteiger partial charge in [0.1, 0.15) is 23.7 Å². The van der Waals surface area contributed by atoms with Gasteiger partial charge in [0, 0.05) is 18.7 Å². The lowest BCUT2D eigenvalue weighted by molar-refractivity contribution is -0.0529. The number of alkyl halides is 2. The molecule has 1 saturated heterocycles. The van der Waals surface area contributed by atoms with Crippen molar-refractivity contribution in [3.63, 3.8) is 0 Å². The molecule has 1 aromatic carbocycles. The first-order valence-electron chi connectivity index (χ1n) is 11.9. The van der Waals surface area contributed by atoms with Crippen LogP contribution in [0.25, 0.3) is 22.4 Å². The van der Waals surface area contributed by atoms with Gasteiger partial charge in [-0.1, -0.05) is 11.6 Å². The summed E-state index contributed by atoms with van der Waals surface area (Å²) in [6, 6.07) is 7.27. The van der Waals surface area contributed by atoms with E-state index in [1.807, 2.05) is 21.6 Å². The first kappa shape index (κ1) is 26.0. The highest BCUT2D eigenvalue weighted by atomic mass is 35.5. The number of fused-ring (bicyclic) bond motifs is 1. The molecule has 0 radical (unpaired) electrons. The van der Waals surface area contributed by atoms with Crippen molar-refractivity contribution in [3.8, 4) is 17.0 Å². The summed E-state index contributed by atoms with van der Waals surface area (Å²) in [5.41, 5.74) is 14.8. The van der Waals surface area contributed by atoms with Crippen molar-refractivity contribution in [2.45, 2.75) is 37.5 Å². The summed E-state index contributed by atoms with van der Waals surface area (Å²) in [5, 5.41) is 10.6. The number of piperidine rings is 1. The van der Waals surface area contributed by atoms with E-state index in [4.69, 9.17) is 27.8 Å². The second-order valence-corrected chi connectivity index (χ2v) is 9.80. The number of halogens is 3. The Hall–Kier alpha value is -3.61. The van der Waals surface area contributed by atoms with Crippen LogP contribution in [0, 0.1) is 0 Å². The second kappa shape index (κ2) is 10.3. The molecule has 5 N–H and O–H groups in total. The van der Waals surface area contributed by atoms with Gasteiger partial charge >= 0.3 is 0 Å². The van der Waals surface area contributed by atoms with Gasteiger partial charge in [-0.25, -0.2) is 23.7 Å². The number of imidazole rings is 1. The molecule has 38 heavy (non-hydrogen) atoms. The third-order valence-electron chi connectivity index (χ3n) is 6.91. The normalized spacial score (nSPS) is 18.8. The van der Waals surface area contributed by atoms with E-state index in [-0.39, 0.29) is 18.8 Å². The van der Waals surface area contributed by atoms with Crippen molar-refractivity contribution in [1.82, 2.24) is 24.5 Å². The second-order valence-electron chi connectivity index (χ2n) is 9.39. The quantitative estimate of drug-likeness (QED) is 0.320. The van der Waals surface area contributed by atoms with Gasteiger partial charge in [-0.15, -0.1) is 0 Å². The Morgan fingerprint density at radius 1 is 1.21 bits per heavy atom. The average Bonchev–Trinajstić information content (AvgIpc) is 3.32. The SMILES string of the molecule is COc1ccc(-c2cc(Cn3cnc4c(N)ncnc43)c(N3CCC[C@](N)([C@@H](O)C(F)F)C3)cn2)cc1Cl. The van der Waals surface area contributed by atoms with Gasteiger partial charge in [0.25, 0.3) is 6.43 Å². The molecule has 13 heteroatoms. The minimum absolute atomic E-state index is 0.0424. The van der Waals surface area contributed by atoms with Crippen LogP contribution in [-0.4, -0.2) is 67.9 Å². The Kier molecular flexibility index (Phi) is 7.03. The zero-order valence-electron chi connectivity index (χ0n) is 20.6. The zero-order chi connectivity index (χ0) is 27.0. The summed E-state index contributed by atoms with van der Waals surface area (Å²) >= 11 is 6.36. The van der Waals surface area contributed by atoms with Crippen LogP contribution in [0.2, 0.25) is 5.02 Å². The number of ether oxygens (including phenoxy) is 1. The van der Waals surface area contributed by atoms with Crippen molar-refractivity contribution in [2.75, 3.05) is 30.8 Å². The summed E-state index contributed by atoms with van der Waals surface area (Å²) in [6.07, 6.45) is 0.602. The molecule has 200 valence electrons. The van der Waals surface area contributed by atoms with Gasteiger partial charge in [0.15, 0.2) is 11.5 Å². The molecular weight excluding hydrogens is 518 g/mol. The lowest BCUT2D eigenvalue weighted by Crippen LogP contribution is -2.63. The molecule has 0 amide bonds. The fourth-order valence-electron chi connectivity index (χ4n) is 4.89. The average molecular weight is 545 g/mol. The Balaban J connectivity index is 1.57. The number of nitrogen functional groups attached to an aromatic ring is 1. The number of aliphatic hydroxyl groups is 1. The number of aromatic nitrogens is 5.